The maximum Gasteiger partial charge on any atom is 0.225 e. The molecule has 0 saturated carbocycles. The lowest BCUT2D eigenvalue weighted by Crippen LogP contribution is -2.37. The minimum Gasteiger partial charge on any atom is -0.369 e. The Balaban J connectivity index is 1.96. The first-order valence-corrected chi connectivity index (χ1v) is 7.01. The number of amides is 1. The van der Waals surface area contributed by atoms with E-state index in [9.17, 15) is 10.1 Å². The molecule has 1 aliphatic heterocycles. The number of hydrogen-bond donors (Lipinski definition) is 1. The number of nitrogens with two attached hydrogens (primary N) is 1. The van der Waals surface area contributed by atoms with Gasteiger partial charge in [0.15, 0.2) is 0 Å². The van der Waals surface area contributed by atoms with Gasteiger partial charge in [0, 0.05) is 18.8 Å². The van der Waals surface area contributed by atoms with Crippen molar-refractivity contribution in [3.8, 4) is 6.07 Å². The van der Waals surface area contributed by atoms with E-state index in [2.05, 4.69) is 11.1 Å². The van der Waals surface area contributed by atoms with E-state index in [0.717, 1.165) is 37.3 Å². The van der Waals surface area contributed by atoms with Crippen LogP contribution in [0.2, 0.25) is 0 Å². The second-order valence-electron chi connectivity index (χ2n) is 6.03. The third-order valence-electron chi connectivity index (χ3n) is 4.52. The number of fused-ring (bicyclic) bond motifs is 1. The number of anilines is 1. The molecule has 2 N–H and O–H groups in total. The number of nitriles is 1. The molecule has 1 aromatic rings. The van der Waals surface area contributed by atoms with Gasteiger partial charge in [-0.1, -0.05) is 0 Å². The van der Waals surface area contributed by atoms with Gasteiger partial charge in [0.25, 0.3) is 0 Å². The lowest BCUT2D eigenvalue weighted by atomic mass is 9.89. The summed E-state index contributed by atoms with van der Waals surface area (Å²) in [5.74, 6) is 0.442. The first-order chi connectivity index (χ1) is 9.53. The molecular formula is C15H18N4O. The van der Waals surface area contributed by atoms with Crippen LogP contribution < -0.4 is 10.6 Å². The van der Waals surface area contributed by atoms with Crippen LogP contribution in [-0.4, -0.2) is 24.0 Å². The Bertz CT molecular complexity index is 619. The molecule has 1 unspecified atom stereocenters. The van der Waals surface area contributed by atoms with Crippen LogP contribution in [0.15, 0.2) is 6.07 Å². The molecule has 20 heavy (non-hydrogen) atoms. The summed E-state index contributed by atoms with van der Waals surface area (Å²) in [5.41, 5.74) is 7.87. The third kappa shape index (κ3) is 1.92. The van der Waals surface area contributed by atoms with Gasteiger partial charge in [-0.3, -0.25) is 4.79 Å². The van der Waals surface area contributed by atoms with Crippen LogP contribution in [0.25, 0.3) is 0 Å². The van der Waals surface area contributed by atoms with Crippen molar-refractivity contribution in [1.82, 2.24) is 4.98 Å². The van der Waals surface area contributed by atoms with E-state index in [1.54, 1.807) is 0 Å². The average Bonchev–Trinajstić information content (AvgIpc) is 3.03. The van der Waals surface area contributed by atoms with Crippen molar-refractivity contribution in [2.75, 3.05) is 18.0 Å². The number of hydrogen-bond acceptors (Lipinski definition) is 4. The molecule has 2 aliphatic rings. The first kappa shape index (κ1) is 12.9. The molecule has 0 aromatic carbocycles. The minimum atomic E-state index is -0.520. The first-order valence-electron chi connectivity index (χ1n) is 7.01. The molecule has 1 aromatic heterocycles. The molecule has 1 aliphatic carbocycles. The van der Waals surface area contributed by atoms with Crippen LogP contribution in [-0.2, 0) is 17.6 Å². The van der Waals surface area contributed by atoms with Crippen LogP contribution in [0.4, 0.5) is 5.82 Å². The molecule has 2 heterocycles. The minimum absolute atomic E-state index is 0.278. The maximum atomic E-state index is 11.6. The predicted octanol–water partition coefficient (Wildman–Crippen LogP) is 1.14. The number of primary amides is 1. The molecule has 1 saturated heterocycles. The van der Waals surface area contributed by atoms with Crippen molar-refractivity contribution >= 4 is 11.7 Å². The van der Waals surface area contributed by atoms with Crippen molar-refractivity contribution in [2.45, 2.75) is 32.6 Å². The lowest BCUT2D eigenvalue weighted by Gasteiger charge is -2.23. The van der Waals surface area contributed by atoms with Gasteiger partial charge in [-0.05, 0) is 44.2 Å². The molecule has 104 valence electrons. The van der Waals surface area contributed by atoms with Gasteiger partial charge < -0.3 is 10.6 Å². The Hall–Kier alpha value is -2.09. The highest BCUT2D eigenvalue weighted by Crippen LogP contribution is 2.35. The van der Waals surface area contributed by atoms with Crippen LogP contribution in [0, 0.1) is 16.7 Å². The van der Waals surface area contributed by atoms with E-state index in [1.165, 1.54) is 5.56 Å². The van der Waals surface area contributed by atoms with Crippen LogP contribution >= 0.6 is 0 Å². The number of pyridine rings is 1. The fourth-order valence-electron chi connectivity index (χ4n) is 3.13. The van der Waals surface area contributed by atoms with Crippen molar-refractivity contribution < 1.29 is 4.79 Å². The highest BCUT2D eigenvalue weighted by molar-refractivity contribution is 5.82. The highest BCUT2D eigenvalue weighted by Gasteiger charge is 2.40. The summed E-state index contributed by atoms with van der Waals surface area (Å²) in [6.07, 6.45) is 3.81. The quantitative estimate of drug-likeness (QED) is 0.873. The third-order valence-corrected chi connectivity index (χ3v) is 4.52. The standard InChI is InChI=1S/C15H18N4O/c1-15(14(17)20)5-6-19(9-15)13-11(8-16)7-10-3-2-4-12(10)18-13/h7H,2-6,9H2,1H3,(H2,17,20). The monoisotopic (exact) mass is 270 g/mol. The van der Waals surface area contributed by atoms with Crippen molar-refractivity contribution in [1.29, 1.82) is 5.26 Å². The zero-order valence-corrected chi connectivity index (χ0v) is 11.6. The molecular weight excluding hydrogens is 252 g/mol. The number of nitrogens with zero attached hydrogens (tertiary/aromatic N) is 3. The molecule has 0 spiro atoms. The fourth-order valence-corrected chi connectivity index (χ4v) is 3.13. The maximum absolute atomic E-state index is 11.6. The number of carbonyl (C=O) groups excluding carboxylic acids is 1. The fraction of sp³-hybridized carbons (Fsp3) is 0.533. The Labute approximate surface area is 118 Å². The van der Waals surface area contributed by atoms with E-state index < -0.39 is 5.41 Å². The molecule has 3 rings (SSSR count). The summed E-state index contributed by atoms with van der Waals surface area (Å²) in [6.45, 7) is 3.15. The van der Waals surface area contributed by atoms with Gasteiger partial charge in [0.2, 0.25) is 5.91 Å². The average molecular weight is 270 g/mol. The topological polar surface area (TPSA) is 83.0 Å². The number of aromatic nitrogens is 1. The van der Waals surface area contributed by atoms with Crippen LogP contribution in [0.1, 0.15) is 36.6 Å². The predicted molar refractivity (Wildman–Crippen MR) is 75.1 cm³/mol. The van der Waals surface area contributed by atoms with Gasteiger partial charge in [-0.15, -0.1) is 0 Å². The zero-order chi connectivity index (χ0) is 14.3. The van der Waals surface area contributed by atoms with Crippen molar-refractivity contribution in [3.05, 3.63) is 22.9 Å². The Morgan fingerprint density at radius 1 is 1.55 bits per heavy atom. The molecule has 0 bridgehead atoms. The summed E-state index contributed by atoms with van der Waals surface area (Å²) < 4.78 is 0. The second kappa shape index (κ2) is 4.48. The zero-order valence-electron chi connectivity index (χ0n) is 11.6. The van der Waals surface area contributed by atoms with Crippen molar-refractivity contribution in [2.24, 2.45) is 11.1 Å². The lowest BCUT2D eigenvalue weighted by molar-refractivity contribution is -0.125. The van der Waals surface area contributed by atoms with Gasteiger partial charge in [0.05, 0.1) is 11.0 Å². The van der Waals surface area contributed by atoms with Crippen LogP contribution in [0.5, 0.6) is 0 Å². The van der Waals surface area contributed by atoms with Gasteiger partial charge >= 0.3 is 0 Å². The number of aryl methyl sites for hydroxylation is 2. The Morgan fingerprint density at radius 3 is 3.00 bits per heavy atom. The normalized spacial score (nSPS) is 24.5. The molecule has 1 fully saturated rings. The van der Waals surface area contributed by atoms with Gasteiger partial charge in [-0.25, -0.2) is 4.98 Å². The SMILES string of the molecule is CC1(C(N)=O)CCN(c2nc3c(cc2C#N)CCC3)C1. The van der Waals surface area contributed by atoms with E-state index in [4.69, 9.17) is 5.73 Å². The molecule has 5 nitrogen and oxygen atoms in total. The smallest absolute Gasteiger partial charge is 0.225 e. The summed E-state index contributed by atoms with van der Waals surface area (Å²) in [4.78, 5) is 18.3. The van der Waals surface area contributed by atoms with E-state index in [-0.39, 0.29) is 5.91 Å². The Morgan fingerprint density at radius 2 is 2.35 bits per heavy atom. The van der Waals surface area contributed by atoms with Gasteiger partial charge in [-0.2, -0.15) is 5.26 Å². The van der Waals surface area contributed by atoms with Gasteiger partial charge in [0.1, 0.15) is 11.9 Å². The van der Waals surface area contributed by atoms with E-state index in [0.29, 0.717) is 18.5 Å². The second-order valence-corrected chi connectivity index (χ2v) is 6.03. The number of carbonyl (C=O) groups is 1. The molecule has 1 atom stereocenters. The molecule has 1 amide bonds. The highest BCUT2D eigenvalue weighted by atomic mass is 16.1. The summed E-state index contributed by atoms with van der Waals surface area (Å²) in [6, 6.07) is 4.20. The Kier molecular flexibility index (Phi) is 2.89. The summed E-state index contributed by atoms with van der Waals surface area (Å²) >= 11 is 0. The summed E-state index contributed by atoms with van der Waals surface area (Å²) in [7, 11) is 0. The number of rotatable bonds is 2. The van der Waals surface area contributed by atoms with Crippen LogP contribution in [0.3, 0.4) is 0 Å². The van der Waals surface area contributed by atoms with Crippen molar-refractivity contribution in [3.63, 3.8) is 0 Å². The van der Waals surface area contributed by atoms with E-state index >= 15 is 0 Å². The van der Waals surface area contributed by atoms with E-state index in [1.807, 2.05) is 17.9 Å². The summed E-state index contributed by atoms with van der Waals surface area (Å²) in [5, 5.41) is 9.34. The largest absolute Gasteiger partial charge is 0.369 e. The molecule has 0 radical (unpaired) electrons. The molecule has 5 heteroatoms.